The summed E-state index contributed by atoms with van der Waals surface area (Å²) in [5, 5.41) is 11.8. The molecule has 1 aromatic rings. The minimum absolute atomic E-state index is 0.156. The van der Waals surface area contributed by atoms with Gasteiger partial charge in [0.15, 0.2) is 5.92 Å². The number of carbonyl (C=O) groups excluding carboxylic acids is 2. The summed E-state index contributed by atoms with van der Waals surface area (Å²) in [5.41, 5.74) is 0.578. The van der Waals surface area contributed by atoms with E-state index in [0.717, 1.165) is 6.21 Å². The lowest BCUT2D eigenvalue weighted by molar-refractivity contribution is -0.148. The van der Waals surface area contributed by atoms with Crippen molar-refractivity contribution >= 4 is 35.4 Å². The number of halogens is 1. The predicted octanol–water partition coefficient (Wildman–Crippen LogP) is 2.88. The summed E-state index contributed by atoms with van der Waals surface area (Å²) in [6.07, 6.45) is 0.837. The number of esters is 1. The van der Waals surface area contributed by atoms with Gasteiger partial charge in [-0.05, 0) is 32.9 Å². The summed E-state index contributed by atoms with van der Waals surface area (Å²) in [4.78, 5) is 27.6. The number of benzene rings is 1. The first-order valence-electron chi connectivity index (χ1n) is 7.11. The maximum Gasteiger partial charge on any atom is 0.329 e. The molecule has 0 saturated carbocycles. The van der Waals surface area contributed by atoms with E-state index in [1.807, 2.05) is 6.07 Å². The van der Waals surface area contributed by atoms with Gasteiger partial charge in [0, 0.05) is 12.8 Å². The molecule has 7 heteroatoms. The van der Waals surface area contributed by atoms with Crippen LogP contribution in [0.3, 0.4) is 0 Å². The van der Waals surface area contributed by atoms with Gasteiger partial charge in [-0.2, -0.15) is 5.26 Å². The molecule has 0 aromatic heterocycles. The number of rotatable bonds is 6. The van der Waals surface area contributed by atoms with Crippen LogP contribution in [0.25, 0.3) is 0 Å². The molecule has 0 fully saturated rings. The highest BCUT2D eigenvalue weighted by Gasteiger charge is 2.19. The number of hydrogen-bond donors (Lipinski definition) is 1. The molecule has 1 unspecified atom stereocenters. The van der Waals surface area contributed by atoms with Crippen LogP contribution >= 0.6 is 11.6 Å². The number of aliphatic imine (C=N–C) groups is 1. The normalized spacial score (nSPS) is 12.0. The van der Waals surface area contributed by atoms with Crippen LogP contribution in [-0.4, -0.2) is 30.7 Å². The van der Waals surface area contributed by atoms with E-state index >= 15 is 0 Å². The lowest BCUT2D eigenvalue weighted by atomic mass is 10.1. The molecular weight excluding hydrogens is 318 g/mol. The fourth-order valence-electron chi connectivity index (χ4n) is 1.66. The Morgan fingerprint density at radius 3 is 2.74 bits per heavy atom. The number of nitrogens with zero attached hydrogens (tertiary/aromatic N) is 2. The second-order valence-electron chi connectivity index (χ2n) is 4.87. The molecule has 0 aliphatic rings. The fourth-order valence-corrected chi connectivity index (χ4v) is 1.92. The van der Waals surface area contributed by atoms with Gasteiger partial charge in [-0.25, -0.2) is 0 Å². The predicted molar refractivity (Wildman–Crippen MR) is 87.9 cm³/mol. The highest BCUT2D eigenvalue weighted by Crippen LogP contribution is 2.28. The van der Waals surface area contributed by atoms with Crippen LogP contribution in [0.1, 0.15) is 31.1 Å². The molecule has 1 atom stereocenters. The van der Waals surface area contributed by atoms with Crippen molar-refractivity contribution in [2.24, 2.45) is 10.9 Å². The molecule has 1 rings (SSSR count). The van der Waals surface area contributed by atoms with Crippen molar-refractivity contribution in [1.29, 1.82) is 5.26 Å². The average molecular weight is 336 g/mol. The SMILES string of the molecule is CCNC(=O)c1cccc(N=CC(C#N)C(=O)OC(C)C)c1Cl. The minimum atomic E-state index is -1.14. The Morgan fingerprint density at radius 2 is 2.17 bits per heavy atom. The number of nitrogens with one attached hydrogen (secondary N) is 1. The van der Waals surface area contributed by atoms with Crippen LogP contribution < -0.4 is 5.32 Å². The van der Waals surface area contributed by atoms with E-state index in [9.17, 15) is 9.59 Å². The lowest BCUT2D eigenvalue weighted by Crippen LogP contribution is -2.23. The van der Waals surface area contributed by atoms with Crippen LogP contribution in [0.4, 0.5) is 5.69 Å². The molecule has 0 heterocycles. The second-order valence-corrected chi connectivity index (χ2v) is 5.25. The van der Waals surface area contributed by atoms with E-state index in [1.54, 1.807) is 39.0 Å². The van der Waals surface area contributed by atoms with Gasteiger partial charge in [0.1, 0.15) is 0 Å². The minimum Gasteiger partial charge on any atom is -0.462 e. The number of amides is 1. The number of nitriles is 1. The Balaban J connectivity index is 3.00. The van der Waals surface area contributed by atoms with Crippen molar-refractivity contribution in [3.05, 3.63) is 28.8 Å². The van der Waals surface area contributed by atoms with Gasteiger partial charge in [0.05, 0.1) is 28.4 Å². The quantitative estimate of drug-likeness (QED) is 0.639. The van der Waals surface area contributed by atoms with Crippen molar-refractivity contribution < 1.29 is 14.3 Å². The molecule has 0 bridgehead atoms. The molecule has 122 valence electrons. The molecule has 0 saturated heterocycles. The van der Waals surface area contributed by atoms with E-state index in [-0.39, 0.29) is 22.6 Å². The Kier molecular flexibility index (Phi) is 7.23. The van der Waals surface area contributed by atoms with Crippen molar-refractivity contribution in [2.45, 2.75) is 26.9 Å². The van der Waals surface area contributed by atoms with Gasteiger partial charge in [-0.1, -0.05) is 17.7 Å². The molecule has 0 radical (unpaired) electrons. The number of ether oxygens (including phenoxy) is 1. The van der Waals surface area contributed by atoms with Gasteiger partial charge in [0.2, 0.25) is 0 Å². The summed E-state index contributed by atoms with van der Waals surface area (Å²) < 4.78 is 4.97. The maximum absolute atomic E-state index is 11.9. The molecule has 1 N–H and O–H groups in total. The first-order chi connectivity index (χ1) is 10.9. The van der Waals surface area contributed by atoms with Gasteiger partial charge in [0.25, 0.3) is 5.91 Å². The molecule has 23 heavy (non-hydrogen) atoms. The topological polar surface area (TPSA) is 91.5 Å². The molecule has 1 aromatic carbocycles. The molecule has 1 amide bonds. The van der Waals surface area contributed by atoms with Gasteiger partial charge in [-0.3, -0.25) is 14.6 Å². The summed E-state index contributed by atoms with van der Waals surface area (Å²) in [6.45, 7) is 5.65. The fraction of sp³-hybridized carbons (Fsp3) is 0.375. The van der Waals surface area contributed by atoms with Crippen molar-refractivity contribution in [3.63, 3.8) is 0 Å². The largest absolute Gasteiger partial charge is 0.462 e. The zero-order valence-corrected chi connectivity index (χ0v) is 13.9. The van der Waals surface area contributed by atoms with E-state index in [4.69, 9.17) is 21.6 Å². The Bertz CT molecular complexity index is 650. The van der Waals surface area contributed by atoms with E-state index in [0.29, 0.717) is 12.2 Å². The van der Waals surface area contributed by atoms with Gasteiger partial charge >= 0.3 is 5.97 Å². The van der Waals surface area contributed by atoms with Crippen LogP contribution in [0.2, 0.25) is 5.02 Å². The summed E-state index contributed by atoms with van der Waals surface area (Å²) >= 11 is 6.16. The van der Waals surface area contributed by atoms with Crippen molar-refractivity contribution in [3.8, 4) is 6.07 Å². The zero-order valence-electron chi connectivity index (χ0n) is 13.2. The third-order valence-corrected chi connectivity index (χ3v) is 3.07. The average Bonchev–Trinajstić information content (AvgIpc) is 2.48. The number of carbonyl (C=O) groups is 2. The smallest absolute Gasteiger partial charge is 0.329 e. The van der Waals surface area contributed by atoms with Crippen molar-refractivity contribution in [2.75, 3.05) is 6.54 Å². The van der Waals surface area contributed by atoms with E-state index < -0.39 is 11.9 Å². The standard InChI is InChI=1S/C16H18ClN3O3/c1-4-19-15(21)12-6-5-7-13(14(12)17)20-9-11(8-18)16(22)23-10(2)3/h5-7,9-11H,4H2,1-3H3,(H,19,21). The third-order valence-electron chi connectivity index (χ3n) is 2.67. The first kappa shape index (κ1) is 18.7. The summed E-state index contributed by atoms with van der Waals surface area (Å²) in [5.74, 6) is -2.13. The van der Waals surface area contributed by atoms with Crippen LogP contribution in [0.5, 0.6) is 0 Å². The maximum atomic E-state index is 11.9. The van der Waals surface area contributed by atoms with Crippen LogP contribution in [0, 0.1) is 17.2 Å². The third kappa shape index (κ3) is 5.38. The Morgan fingerprint density at radius 1 is 1.48 bits per heavy atom. The van der Waals surface area contributed by atoms with Crippen molar-refractivity contribution in [1.82, 2.24) is 5.32 Å². The molecular formula is C16H18ClN3O3. The second kappa shape index (κ2) is 8.91. The van der Waals surface area contributed by atoms with Gasteiger partial charge < -0.3 is 10.1 Å². The van der Waals surface area contributed by atoms with Crippen LogP contribution in [-0.2, 0) is 9.53 Å². The lowest BCUT2D eigenvalue weighted by Gasteiger charge is -2.09. The molecule has 6 nitrogen and oxygen atoms in total. The van der Waals surface area contributed by atoms with Gasteiger partial charge in [-0.15, -0.1) is 0 Å². The molecule has 0 aliphatic carbocycles. The highest BCUT2D eigenvalue weighted by molar-refractivity contribution is 6.36. The Hall–Kier alpha value is -2.39. The summed E-state index contributed by atoms with van der Waals surface area (Å²) in [7, 11) is 0. The molecule has 0 aliphatic heterocycles. The highest BCUT2D eigenvalue weighted by atomic mass is 35.5. The molecule has 0 spiro atoms. The summed E-state index contributed by atoms with van der Waals surface area (Å²) in [6, 6.07) is 6.59. The zero-order chi connectivity index (χ0) is 17.4. The van der Waals surface area contributed by atoms with Crippen LogP contribution in [0.15, 0.2) is 23.2 Å². The number of hydrogen-bond acceptors (Lipinski definition) is 5. The Labute approximate surface area is 140 Å². The van der Waals surface area contributed by atoms with E-state index in [2.05, 4.69) is 10.3 Å². The first-order valence-corrected chi connectivity index (χ1v) is 7.49. The monoisotopic (exact) mass is 335 g/mol. The van der Waals surface area contributed by atoms with E-state index in [1.165, 1.54) is 0 Å².